The maximum atomic E-state index is 13.8. The average Bonchev–Trinajstić information content (AvgIpc) is 2.29. The van der Waals surface area contributed by atoms with Crippen LogP contribution in [0, 0.1) is 5.82 Å². The summed E-state index contributed by atoms with van der Waals surface area (Å²) >= 11 is 0. The van der Waals surface area contributed by atoms with Crippen LogP contribution >= 0.6 is 0 Å². The highest BCUT2D eigenvalue weighted by atomic mass is 19.1. The predicted molar refractivity (Wildman–Crippen MR) is 68.8 cm³/mol. The normalized spacial score (nSPS) is 14.1. The minimum Gasteiger partial charge on any atom is -0.487 e. The van der Waals surface area contributed by atoms with Crippen molar-refractivity contribution in [1.29, 1.82) is 0 Å². The van der Waals surface area contributed by atoms with Gasteiger partial charge >= 0.3 is 0 Å². The number of nitrogens with one attached hydrogen (secondary N) is 1. The summed E-state index contributed by atoms with van der Waals surface area (Å²) in [5.41, 5.74) is 0.658. The number of ether oxygens (including phenoxy) is 1. The van der Waals surface area contributed by atoms with Crippen LogP contribution in [0.2, 0.25) is 0 Å². The molecule has 2 unspecified atom stereocenters. The molecular weight excluding hydrogens is 217 g/mol. The first-order valence-electron chi connectivity index (χ1n) is 5.90. The summed E-state index contributed by atoms with van der Waals surface area (Å²) in [6.07, 6.45) is 1.55. The molecule has 0 heterocycles. The summed E-state index contributed by atoms with van der Waals surface area (Å²) in [6, 6.07) is 4.97. The van der Waals surface area contributed by atoms with Crippen molar-refractivity contribution in [1.82, 2.24) is 5.32 Å². The van der Waals surface area contributed by atoms with Gasteiger partial charge in [0.1, 0.15) is 17.7 Å². The van der Waals surface area contributed by atoms with Crippen molar-refractivity contribution in [3.8, 4) is 5.75 Å². The van der Waals surface area contributed by atoms with Crippen molar-refractivity contribution in [2.45, 2.75) is 32.9 Å². The second-order valence-electron chi connectivity index (χ2n) is 4.02. The molecule has 2 nitrogen and oxygen atoms in total. The zero-order valence-corrected chi connectivity index (χ0v) is 10.7. The maximum absolute atomic E-state index is 13.8. The highest BCUT2D eigenvalue weighted by molar-refractivity contribution is 5.31. The fourth-order valence-corrected chi connectivity index (χ4v) is 1.61. The molecule has 0 bridgehead atoms. The zero-order valence-electron chi connectivity index (χ0n) is 10.7. The van der Waals surface area contributed by atoms with Crippen molar-refractivity contribution in [2.24, 2.45) is 0 Å². The standard InChI is InChI=1S/C14H20FNO/c1-5-10(3)17-12-7-8-13(14(15)9-12)11(4)16-6-2/h5,7-11,16H,1,6H2,2-4H3. The second kappa shape index (κ2) is 6.40. The van der Waals surface area contributed by atoms with Gasteiger partial charge in [-0.2, -0.15) is 0 Å². The van der Waals surface area contributed by atoms with Crippen LogP contribution in [0.3, 0.4) is 0 Å². The van der Waals surface area contributed by atoms with Crippen LogP contribution in [-0.4, -0.2) is 12.6 Å². The van der Waals surface area contributed by atoms with E-state index in [-0.39, 0.29) is 18.0 Å². The molecule has 1 N–H and O–H groups in total. The Morgan fingerprint density at radius 2 is 2.18 bits per heavy atom. The van der Waals surface area contributed by atoms with Crippen molar-refractivity contribution in [3.05, 3.63) is 42.2 Å². The number of halogens is 1. The Kier molecular flexibility index (Phi) is 5.16. The number of rotatable bonds is 6. The zero-order chi connectivity index (χ0) is 12.8. The summed E-state index contributed by atoms with van der Waals surface area (Å²) in [4.78, 5) is 0. The van der Waals surface area contributed by atoms with Gasteiger partial charge in [0.25, 0.3) is 0 Å². The van der Waals surface area contributed by atoms with E-state index >= 15 is 0 Å². The molecule has 1 aromatic rings. The van der Waals surface area contributed by atoms with Gasteiger partial charge in [-0.1, -0.05) is 25.6 Å². The third-order valence-electron chi connectivity index (χ3n) is 2.60. The quantitative estimate of drug-likeness (QED) is 0.765. The van der Waals surface area contributed by atoms with E-state index in [1.807, 2.05) is 20.8 Å². The van der Waals surface area contributed by atoms with Gasteiger partial charge < -0.3 is 10.1 Å². The van der Waals surface area contributed by atoms with Gasteiger partial charge in [0.05, 0.1) is 0 Å². The Balaban J connectivity index is 2.82. The molecule has 0 aromatic heterocycles. The lowest BCUT2D eigenvalue weighted by atomic mass is 10.1. The van der Waals surface area contributed by atoms with Crippen LogP contribution in [0.4, 0.5) is 4.39 Å². The number of hydrogen-bond donors (Lipinski definition) is 1. The van der Waals surface area contributed by atoms with E-state index in [4.69, 9.17) is 4.74 Å². The molecule has 0 aliphatic heterocycles. The van der Waals surface area contributed by atoms with Crippen LogP contribution in [0.25, 0.3) is 0 Å². The molecule has 0 aliphatic rings. The Morgan fingerprint density at radius 3 is 2.71 bits per heavy atom. The summed E-state index contributed by atoms with van der Waals surface area (Å²) in [6.45, 7) is 10.2. The van der Waals surface area contributed by atoms with E-state index in [0.717, 1.165) is 6.54 Å². The molecule has 17 heavy (non-hydrogen) atoms. The Bertz CT molecular complexity index is 378. The lowest BCUT2D eigenvalue weighted by Crippen LogP contribution is -2.19. The summed E-state index contributed by atoms with van der Waals surface area (Å²) < 4.78 is 19.3. The molecule has 1 aromatic carbocycles. The van der Waals surface area contributed by atoms with Crippen LogP contribution in [0.15, 0.2) is 30.9 Å². The molecule has 0 saturated carbocycles. The van der Waals surface area contributed by atoms with E-state index in [2.05, 4.69) is 11.9 Å². The third-order valence-corrected chi connectivity index (χ3v) is 2.60. The first-order valence-corrected chi connectivity index (χ1v) is 5.90. The van der Waals surface area contributed by atoms with Crippen LogP contribution in [0.1, 0.15) is 32.4 Å². The summed E-state index contributed by atoms with van der Waals surface area (Å²) in [7, 11) is 0. The van der Waals surface area contributed by atoms with Gasteiger partial charge in [-0.25, -0.2) is 4.39 Å². The Hall–Kier alpha value is -1.35. The molecule has 0 radical (unpaired) electrons. The van der Waals surface area contributed by atoms with E-state index < -0.39 is 0 Å². The van der Waals surface area contributed by atoms with Gasteiger partial charge in [-0.05, 0) is 26.5 Å². The predicted octanol–water partition coefficient (Wildman–Crippen LogP) is 3.45. The first kappa shape index (κ1) is 13.7. The second-order valence-corrected chi connectivity index (χ2v) is 4.02. The maximum Gasteiger partial charge on any atom is 0.131 e. The minimum atomic E-state index is -0.243. The van der Waals surface area contributed by atoms with Crippen LogP contribution in [0.5, 0.6) is 5.75 Å². The van der Waals surface area contributed by atoms with Crippen LogP contribution in [-0.2, 0) is 0 Å². The smallest absolute Gasteiger partial charge is 0.131 e. The SMILES string of the molecule is C=CC(C)Oc1ccc(C(C)NCC)c(F)c1. The van der Waals surface area contributed by atoms with Crippen molar-refractivity contribution in [3.63, 3.8) is 0 Å². The molecule has 1 rings (SSSR count). The molecule has 3 heteroatoms. The van der Waals surface area contributed by atoms with Gasteiger partial charge in [0, 0.05) is 17.7 Å². The van der Waals surface area contributed by atoms with Gasteiger partial charge in [-0.3, -0.25) is 0 Å². The Morgan fingerprint density at radius 1 is 1.47 bits per heavy atom. The number of benzene rings is 1. The van der Waals surface area contributed by atoms with E-state index in [9.17, 15) is 4.39 Å². The van der Waals surface area contributed by atoms with Gasteiger partial charge in [0.2, 0.25) is 0 Å². The molecule has 0 spiro atoms. The molecular formula is C14H20FNO. The summed E-state index contributed by atoms with van der Waals surface area (Å²) in [5.74, 6) is 0.287. The minimum absolute atomic E-state index is 0.00544. The fourth-order valence-electron chi connectivity index (χ4n) is 1.61. The van der Waals surface area contributed by atoms with E-state index in [1.165, 1.54) is 6.07 Å². The molecule has 2 atom stereocenters. The highest BCUT2D eigenvalue weighted by Gasteiger charge is 2.11. The van der Waals surface area contributed by atoms with Gasteiger partial charge in [-0.15, -0.1) is 0 Å². The molecule has 0 fully saturated rings. The van der Waals surface area contributed by atoms with Crippen molar-refractivity contribution in [2.75, 3.05) is 6.54 Å². The third kappa shape index (κ3) is 3.86. The molecule has 94 valence electrons. The summed E-state index contributed by atoms with van der Waals surface area (Å²) in [5, 5.41) is 3.18. The fraction of sp³-hybridized carbons (Fsp3) is 0.429. The first-order chi connectivity index (χ1) is 8.08. The topological polar surface area (TPSA) is 21.3 Å². The lowest BCUT2D eigenvalue weighted by Gasteiger charge is -2.16. The van der Waals surface area contributed by atoms with Crippen molar-refractivity contribution >= 4 is 0 Å². The molecule has 0 saturated heterocycles. The monoisotopic (exact) mass is 237 g/mol. The lowest BCUT2D eigenvalue weighted by molar-refractivity contribution is 0.268. The molecule has 0 amide bonds. The largest absolute Gasteiger partial charge is 0.487 e. The molecule has 0 aliphatic carbocycles. The average molecular weight is 237 g/mol. The van der Waals surface area contributed by atoms with Gasteiger partial charge in [0.15, 0.2) is 0 Å². The van der Waals surface area contributed by atoms with E-state index in [0.29, 0.717) is 11.3 Å². The van der Waals surface area contributed by atoms with E-state index in [1.54, 1.807) is 18.2 Å². The van der Waals surface area contributed by atoms with Crippen LogP contribution < -0.4 is 10.1 Å². The Labute approximate surface area is 102 Å². The highest BCUT2D eigenvalue weighted by Crippen LogP contribution is 2.22. The van der Waals surface area contributed by atoms with Crippen molar-refractivity contribution < 1.29 is 9.13 Å². The number of hydrogen-bond acceptors (Lipinski definition) is 2.